The molecule has 6 heteroatoms. The van der Waals surface area contributed by atoms with Crippen LogP contribution in [0.5, 0.6) is 5.75 Å². The summed E-state index contributed by atoms with van der Waals surface area (Å²) in [5.74, 6) is -0.0835. The van der Waals surface area contributed by atoms with Crippen molar-refractivity contribution < 1.29 is 14.3 Å². The lowest BCUT2D eigenvalue weighted by Crippen LogP contribution is -2.40. The fourth-order valence-electron chi connectivity index (χ4n) is 2.04. The van der Waals surface area contributed by atoms with E-state index in [0.717, 1.165) is 0 Å². The molecule has 0 saturated heterocycles. The Bertz CT molecular complexity index is 751. The van der Waals surface area contributed by atoms with Crippen LogP contribution in [-0.2, 0) is 0 Å². The van der Waals surface area contributed by atoms with Gasteiger partial charge in [-0.15, -0.1) is 0 Å². The molecule has 0 atom stereocenters. The number of nitrogens with zero attached hydrogens (tertiary/aromatic N) is 1. The van der Waals surface area contributed by atoms with Crippen molar-refractivity contribution in [2.24, 2.45) is 0 Å². The average Bonchev–Trinajstić information content (AvgIpc) is 2.54. The van der Waals surface area contributed by atoms with Crippen LogP contribution in [0.25, 0.3) is 0 Å². The van der Waals surface area contributed by atoms with Gasteiger partial charge in [0.15, 0.2) is 0 Å². The van der Waals surface area contributed by atoms with Gasteiger partial charge < -0.3 is 15.4 Å². The molecule has 0 aliphatic rings. The lowest BCUT2D eigenvalue weighted by atomic mass is 10.1. The van der Waals surface area contributed by atoms with E-state index in [1.165, 1.54) is 25.6 Å². The van der Waals surface area contributed by atoms with Crippen LogP contribution in [0.4, 0.5) is 5.69 Å². The van der Waals surface area contributed by atoms with E-state index in [1.807, 2.05) is 26.8 Å². The van der Waals surface area contributed by atoms with Crippen molar-refractivity contribution >= 4 is 17.5 Å². The van der Waals surface area contributed by atoms with E-state index in [4.69, 9.17) is 4.74 Å². The maximum Gasteiger partial charge on any atom is 0.257 e. The smallest absolute Gasteiger partial charge is 0.257 e. The van der Waals surface area contributed by atoms with Crippen molar-refractivity contribution in [3.63, 3.8) is 0 Å². The third kappa shape index (κ3) is 4.55. The molecule has 0 spiro atoms. The molecule has 0 aliphatic carbocycles. The van der Waals surface area contributed by atoms with Crippen LogP contribution in [0.1, 0.15) is 41.5 Å². The van der Waals surface area contributed by atoms with Crippen LogP contribution < -0.4 is 15.4 Å². The fraction of sp³-hybridized carbons (Fsp3) is 0.278. The Morgan fingerprint density at radius 2 is 1.67 bits per heavy atom. The molecular formula is C18H21N3O3. The normalized spacial score (nSPS) is 10.8. The van der Waals surface area contributed by atoms with Gasteiger partial charge in [-0.2, -0.15) is 0 Å². The summed E-state index contributed by atoms with van der Waals surface area (Å²) in [6.07, 6.45) is 2.85. The number of carbonyl (C=O) groups is 2. The highest BCUT2D eigenvalue weighted by molar-refractivity contribution is 6.06. The van der Waals surface area contributed by atoms with E-state index >= 15 is 0 Å². The minimum atomic E-state index is -0.368. The molecule has 1 heterocycles. The molecule has 0 aliphatic heterocycles. The van der Waals surface area contributed by atoms with E-state index in [0.29, 0.717) is 22.6 Å². The molecule has 0 unspecified atom stereocenters. The van der Waals surface area contributed by atoms with Crippen molar-refractivity contribution in [2.75, 3.05) is 12.4 Å². The number of nitrogens with one attached hydrogen (secondary N) is 2. The van der Waals surface area contributed by atoms with Gasteiger partial charge >= 0.3 is 0 Å². The van der Waals surface area contributed by atoms with E-state index in [-0.39, 0.29) is 17.4 Å². The quantitative estimate of drug-likeness (QED) is 0.905. The predicted molar refractivity (Wildman–Crippen MR) is 92.4 cm³/mol. The summed E-state index contributed by atoms with van der Waals surface area (Å²) in [7, 11) is 1.53. The molecule has 2 N–H and O–H groups in total. The van der Waals surface area contributed by atoms with Gasteiger partial charge in [0.2, 0.25) is 0 Å². The maximum absolute atomic E-state index is 12.4. The Balaban J connectivity index is 2.19. The average molecular weight is 327 g/mol. The second-order valence-corrected chi connectivity index (χ2v) is 6.32. The Kier molecular flexibility index (Phi) is 5.18. The topological polar surface area (TPSA) is 80.3 Å². The molecule has 1 aromatic carbocycles. The number of ether oxygens (including phenoxy) is 1. The highest BCUT2D eigenvalue weighted by Gasteiger charge is 2.17. The van der Waals surface area contributed by atoms with Crippen LogP contribution in [0.3, 0.4) is 0 Å². The molecule has 2 aromatic rings. The van der Waals surface area contributed by atoms with Gasteiger partial charge in [-0.25, -0.2) is 0 Å². The number of rotatable bonds is 4. The van der Waals surface area contributed by atoms with Crippen molar-refractivity contribution in [1.29, 1.82) is 0 Å². The van der Waals surface area contributed by atoms with Crippen LogP contribution in [0, 0.1) is 0 Å². The molecular weight excluding hydrogens is 306 g/mol. The zero-order valence-corrected chi connectivity index (χ0v) is 14.2. The third-order valence-electron chi connectivity index (χ3n) is 3.11. The Morgan fingerprint density at radius 3 is 2.29 bits per heavy atom. The molecule has 0 bridgehead atoms. The van der Waals surface area contributed by atoms with Gasteiger partial charge in [-0.1, -0.05) is 12.1 Å². The highest BCUT2D eigenvalue weighted by atomic mass is 16.5. The summed E-state index contributed by atoms with van der Waals surface area (Å²) in [6, 6.07) is 8.61. The van der Waals surface area contributed by atoms with Crippen molar-refractivity contribution in [3.8, 4) is 5.75 Å². The number of benzene rings is 1. The van der Waals surface area contributed by atoms with Gasteiger partial charge in [0.1, 0.15) is 5.75 Å². The molecule has 2 rings (SSSR count). The second kappa shape index (κ2) is 7.12. The van der Waals surface area contributed by atoms with E-state index in [2.05, 4.69) is 15.6 Å². The van der Waals surface area contributed by atoms with Crippen molar-refractivity contribution in [3.05, 3.63) is 53.9 Å². The Morgan fingerprint density at radius 1 is 1.04 bits per heavy atom. The summed E-state index contributed by atoms with van der Waals surface area (Å²) in [6.45, 7) is 5.66. The zero-order valence-electron chi connectivity index (χ0n) is 14.2. The first-order chi connectivity index (χ1) is 11.3. The fourth-order valence-corrected chi connectivity index (χ4v) is 2.04. The first kappa shape index (κ1) is 17.5. The molecule has 24 heavy (non-hydrogen) atoms. The number of para-hydroxylation sites is 2. The summed E-state index contributed by atoms with van der Waals surface area (Å²) >= 11 is 0. The van der Waals surface area contributed by atoms with E-state index in [9.17, 15) is 9.59 Å². The lowest BCUT2D eigenvalue weighted by molar-refractivity contribution is 0.0919. The van der Waals surface area contributed by atoms with Gasteiger partial charge in [0.25, 0.3) is 11.8 Å². The molecule has 126 valence electrons. The number of pyridine rings is 1. The van der Waals surface area contributed by atoms with Crippen molar-refractivity contribution in [1.82, 2.24) is 10.3 Å². The zero-order chi connectivity index (χ0) is 17.7. The van der Waals surface area contributed by atoms with Crippen molar-refractivity contribution in [2.45, 2.75) is 26.3 Å². The summed E-state index contributed by atoms with van der Waals surface area (Å²) in [5.41, 5.74) is 0.807. The van der Waals surface area contributed by atoms with E-state index < -0.39 is 0 Å². The third-order valence-corrected chi connectivity index (χ3v) is 3.11. The number of aromatic nitrogens is 1. The first-order valence-electron chi connectivity index (χ1n) is 7.52. The lowest BCUT2D eigenvalue weighted by Gasteiger charge is -2.20. The first-order valence-corrected chi connectivity index (χ1v) is 7.52. The summed E-state index contributed by atoms with van der Waals surface area (Å²) < 4.78 is 5.20. The molecule has 0 saturated carbocycles. The van der Waals surface area contributed by atoms with Gasteiger partial charge in [-0.3, -0.25) is 14.6 Å². The number of carbonyl (C=O) groups excluding carboxylic acids is 2. The number of hydrogen-bond acceptors (Lipinski definition) is 4. The van der Waals surface area contributed by atoms with E-state index in [1.54, 1.807) is 18.2 Å². The largest absolute Gasteiger partial charge is 0.495 e. The molecule has 1 aromatic heterocycles. The van der Waals surface area contributed by atoms with Gasteiger partial charge in [0.05, 0.1) is 23.9 Å². The van der Waals surface area contributed by atoms with Gasteiger partial charge in [0, 0.05) is 17.9 Å². The van der Waals surface area contributed by atoms with Crippen LogP contribution in [0.15, 0.2) is 42.7 Å². The van der Waals surface area contributed by atoms with Crippen LogP contribution in [-0.4, -0.2) is 29.4 Å². The molecule has 0 fully saturated rings. The number of anilines is 1. The number of methoxy groups -OCH3 is 1. The number of amides is 2. The minimum Gasteiger partial charge on any atom is -0.495 e. The van der Waals surface area contributed by atoms with Gasteiger partial charge in [-0.05, 0) is 39.0 Å². The SMILES string of the molecule is COc1ccccc1NC(=O)c1cncc(C(=O)NC(C)(C)C)c1. The molecule has 6 nitrogen and oxygen atoms in total. The molecule has 2 amide bonds. The predicted octanol–water partition coefficient (Wildman–Crippen LogP) is 2.87. The Labute approximate surface area is 141 Å². The van der Waals surface area contributed by atoms with Crippen LogP contribution in [0.2, 0.25) is 0 Å². The summed E-state index contributed by atoms with van der Waals surface area (Å²) in [4.78, 5) is 28.6. The standard InChI is InChI=1S/C18H21N3O3/c1-18(2,3)21-17(23)13-9-12(10-19-11-13)16(22)20-14-7-5-6-8-15(14)24-4/h5-11H,1-4H3,(H,20,22)(H,21,23). The minimum absolute atomic E-state index is 0.276. The molecule has 0 radical (unpaired) electrons. The van der Waals surface area contributed by atoms with Crippen LogP contribution >= 0.6 is 0 Å². The summed E-state index contributed by atoms with van der Waals surface area (Å²) in [5, 5.41) is 5.60. The highest BCUT2D eigenvalue weighted by Crippen LogP contribution is 2.23. The Hall–Kier alpha value is -2.89. The maximum atomic E-state index is 12.4. The number of hydrogen-bond donors (Lipinski definition) is 2. The second-order valence-electron chi connectivity index (χ2n) is 6.32. The monoisotopic (exact) mass is 327 g/mol.